The first-order chi connectivity index (χ1) is 12.0. The predicted octanol–water partition coefficient (Wildman–Crippen LogP) is 2.60. The van der Waals surface area contributed by atoms with Crippen molar-refractivity contribution in [3.8, 4) is 0 Å². The molecular formula is C19H27N3O3. The van der Waals surface area contributed by atoms with E-state index in [1.165, 1.54) is 12.8 Å². The number of nitrogens with one attached hydrogen (secondary N) is 2. The van der Waals surface area contributed by atoms with Crippen LogP contribution < -0.4 is 10.6 Å². The molecule has 1 aliphatic heterocycles. The number of hydrogen-bond acceptors (Lipinski definition) is 3. The van der Waals surface area contributed by atoms with Crippen LogP contribution in [0, 0.1) is 11.8 Å². The number of urea groups is 1. The summed E-state index contributed by atoms with van der Waals surface area (Å²) in [7, 11) is 0. The Morgan fingerprint density at radius 1 is 1.40 bits per heavy atom. The summed E-state index contributed by atoms with van der Waals surface area (Å²) in [4.78, 5) is 26.4. The van der Waals surface area contributed by atoms with E-state index >= 15 is 0 Å². The van der Waals surface area contributed by atoms with Gasteiger partial charge in [-0.2, -0.15) is 0 Å². The number of amides is 3. The first kappa shape index (κ1) is 17.7. The number of nitrogens with zero attached hydrogens (tertiary/aromatic N) is 1. The number of carbonyl (C=O) groups is 2. The van der Waals surface area contributed by atoms with Crippen LogP contribution in [0.25, 0.3) is 0 Å². The molecule has 3 amide bonds. The molecule has 1 aromatic carbocycles. The van der Waals surface area contributed by atoms with E-state index in [0.717, 1.165) is 23.8 Å². The van der Waals surface area contributed by atoms with E-state index in [1.807, 2.05) is 38.1 Å². The first-order valence-corrected chi connectivity index (χ1v) is 9.06. The summed E-state index contributed by atoms with van der Waals surface area (Å²) in [6.07, 6.45) is 2.55. The number of benzene rings is 1. The molecule has 6 heteroatoms. The number of piperazine rings is 1. The van der Waals surface area contributed by atoms with Crippen molar-refractivity contribution in [3.63, 3.8) is 0 Å². The van der Waals surface area contributed by atoms with E-state index in [1.54, 1.807) is 4.90 Å². The fourth-order valence-electron chi connectivity index (χ4n) is 3.14. The van der Waals surface area contributed by atoms with Gasteiger partial charge in [-0.05, 0) is 42.4 Å². The molecule has 1 atom stereocenters. The predicted molar refractivity (Wildman–Crippen MR) is 96.2 cm³/mol. The molecule has 2 aliphatic rings. The van der Waals surface area contributed by atoms with Crippen LogP contribution in [0.1, 0.15) is 32.3 Å². The molecule has 2 N–H and O–H groups in total. The Hall–Kier alpha value is -2.08. The normalized spacial score (nSPS) is 20.5. The lowest BCUT2D eigenvalue weighted by Gasteiger charge is -2.37. The van der Waals surface area contributed by atoms with Crippen LogP contribution in [0.3, 0.4) is 0 Å². The van der Waals surface area contributed by atoms with Crippen molar-refractivity contribution < 1.29 is 14.3 Å². The van der Waals surface area contributed by atoms with Gasteiger partial charge in [0.2, 0.25) is 5.91 Å². The quantitative estimate of drug-likeness (QED) is 0.832. The van der Waals surface area contributed by atoms with E-state index in [9.17, 15) is 9.59 Å². The molecule has 0 spiro atoms. The average Bonchev–Trinajstić information content (AvgIpc) is 3.39. The molecule has 1 unspecified atom stereocenters. The molecular weight excluding hydrogens is 318 g/mol. The lowest BCUT2D eigenvalue weighted by molar-refractivity contribution is -0.129. The van der Waals surface area contributed by atoms with E-state index in [2.05, 4.69) is 10.6 Å². The molecule has 1 saturated carbocycles. The molecule has 6 nitrogen and oxygen atoms in total. The molecule has 1 heterocycles. The lowest BCUT2D eigenvalue weighted by atomic mass is 10.00. The molecule has 2 fully saturated rings. The van der Waals surface area contributed by atoms with Crippen molar-refractivity contribution in [1.29, 1.82) is 0 Å². The van der Waals surface area contributed by atoms with Gasteiger partial charge in [0, 0.05) is 25.4 Å². The van der Waals surface area contributed by atoms with Gasteiger partial charge >= 0.3 is 6.03 Å². The van der Waals surface area contributed by atoms with Gasteiger partial charge in [0.05, 0.1) is 6.61 Å². The third-order valence-corrected chi connectivity index (χ3v) is 4.65. The highest BCUT2D eigenvalue weighted by Crippen LogP contribution is 2.29. The Morgan fingerprint density at radius 2 is 2.20 bits per heavy atom. The highest BCUT2D eigenvalue weighted by molar-refractivity contribution is 5.94. The van der Waals surface area contributed by atoms with E-state index in [4.69, 9.17) is 4.74 Å². The summed E-state index contributed by atoms with van der Waals surface area (Å²) in [5.41, 5.74) is 1.77. The fraction of sp³-hybridized carbons (Fsp3) is 0.579. The lowest BCUT2D eigenvalue weighted by Crippen LogP contribution is -2.60. The van der Waals surface area contributed by atoms with Crippen molar-refractivity contribution in [3.05, 3.63) is 29.8 Å². The third kappa shape index (κ3) is 4.72. The molecule has 1 saturated heterocycles. The molecule has 1 aromatic rings. The fourth-order valence-corrected chi connectivity index (χ4v) is 3.14. The Bertz CT molecular complexity index is 628. The molecule has 0 radical (unpaired) electrons. The highest BCUT2D eigenvalue weighted by atomic mass is 16.5. The number of rotatable bonds is 6. The highest BCUT2D eigenvalue weighted by Gasteiger charge is 2.35. The van der Waals surface area contributed by atoms with E-state index in [-0.39, 0.29) is 17.9 Å². The van der Waals surface area contributed by atoms with Crippen molar-refractivity contribution in [2.45, 2.75) is 39.3 Å². The molecule has 1 aliphatic carbocycles. The second-order valence-electron chi connectivity index (χ2n) is 7.26. The molecule has 3 rings (SSSR count). The van der Waals surface area contributed by atoms with Crippen LogP contribution in [0.15, 0.2) is 24.3 Å². The van der Waals surface area contributed by atoms with Gasteiger partial charge in [-0.15, -0.1) is 0 Å². The van der Waals surface area contributed by atoms with Crippen molar-refractivity contribution in [1.82, 2.24) is 10.2 Å². The van der Waals surface area contributed by atoms with Gasteiger partial charge < -0.3 is 20.3 Å². The minimum Gasteiger partial charge on any atom is -0.376 e. The smallest absolute Gasteiger partial charge is 0.322 e. The second-order valence-corrected chi connectivity index (χ2v) is 7.26. The summed E-state index contributed by atoms with van der Waals surface area (Å²) in [6.45, 7) is 6.28. The molecule has 0 aromatic heterocycles. The SMILES string of the molecule is CC(C)C1C(=O)NCCN1C(=O)Nc1cccc(COCC2CC2)c1. The van der Waals surface area contributed by atoms with Crippen LogP contribution in [-0.2, 0) is 16.1 Å². The maximum Gasteiger partial charge on any atom is 0.322 e. The zero-order chi connectivity index (χ0) is 17.8. The van der Waals surface area contributed by atoms with Crippen LogP contribution in [0.5, 0.6) is 0 Å². The van der Waals surface area contributed by atoms with Gasteiger partial charge in [-0.1, -0.05) is 26.0 Å². The summed E-state index contributed by atoms with van der Waals surface area (Å²) in [5, 5.41) is 5.75. The minimum atomic E-state index is -0.432. The number of ether oxygens (including phenoxy) is 1. The average molecular weight is 345 g/mol. The monoisotopic (exact) mass is 345 g/mol. The van der Waals surface area contributed by atoms with E-state index in [0.29, 0.717) is 19.7 Å². The van der Waals surface area contributed by atoms with Crippen LogP contribution >= 0.6 is 0 Å². The van der Waals surface area contributed by atoms with Gasteiger partial charge in [-0.25, -0.2) is 4.79 Å². The van der Waals surface area contributed by atoms with Gasteiger partial charge in [0.1, 0.15) is 6.04 Å². The zero-order valence-corrected chi connectivity index (χ0v) is 15.0. The maximum absolute atomic E-state index is 12.7. The standard InChI is InChI=1S/C19H27N3O3/c1-13(2)17-18(23)20-8-9-22(17)19(24)21-16-5-3-4-15(10-16)12-25-11-14-6-7-14/h3-5,10,13-14,17H,6-9,11-12H2,1-2H3,(H,20,23)(H,21,24). The topological polar surface area (TPSA) is 70.7 Å². The van der Waals surface area contributed by atoms with Crippen molar-refractivity contribution in [2.75, 3.05) is 25.0 Å². The number of hydrogen-bond donors (Lipinski definition) is 2. The first-order valence-electron chi connectivity index (χ1n) is 9.06. The van der Waals surface area contributed by atoms with Gasteiger partial charge in [-0.3, -0.25) is 4.79 Å². The minimum absolute atomic E-state index is 0.0632. The van der Waals surface area contributed by atoms with Gasteiger partial charge in [0.15, 0.2) is 0 Å². The summed E-state index contributed by atoms with van der Waals surface area (Å²) in [6, 6.07) is 7.03. The summed E-state index contributed by atoms with van der Waals surface area (Å²) in [5.74, 6) is 0.716. The molecule has 136 valence electrons. The van der Waals surface area contributed by atoms with E-state index < -0.39 is 6.04 Å². The maximum atomic E-state index is 12.7. The Labute approximate surface area is 148 Å². The third-order valence-electron chi connectivity index (χ3n) is 4.65. The molecule has 0 bridgehead atoms. The Morgan fingerprint density at radius 3 is 2.92 bits per heavy atom. The van der Waals surface area contributed by atoms with Gasteiger partial charge in [0.25, 0.3) is 0 Å². The summed E-state index contributed by atoms with van der Waals surface area (Å²) < 4.78 is 5.71. The largest absolute Gasteiger partial charge is 0.376 e. The summed E-state index contributed by atoms with van der Waals surface area (Å²) >= 11 is 0. The zero-order valence-electron chi connectivity index (χ0n) is 15.0. The van der Waals surface area contributed by atoms with Crippen LogP contribution in [0.4, 0.5) is 10.5 Å². The van der Waals surface area contributed by atoms with Crippen LogP contribution in [0.2, 0.25) is 0 Å². The Balaban J connectivity index is 1.60. The number of anilines is 1. The number of carbonyl (C=O) groups excluding carboxylic acids is 2. The van der Waals surface area contributed by atoms with Crippen LogP contribution in [-0.4, -0.2) is 42.6 Å². The molecule has 25 heavy (non-hydrogen) atoms. The van der Waals surface area contributed by atoms with Crippen molar-refractivity contribution in [2.24, 2.45) is 11.8 Å². The second kappa shape index (κ2) is 7.87. The Kier molecular flexibility index (Phi) is 5.58. The van der Waals surface area contributed by atoms with Crippen molar-refractivity contribution >= 4 is 17.6 Å².